The van der Waals surface area contributed by atoms with Gasteiger partial charge in [0.1, 0.15) is 5.82 Å². The van der Waals surface area contributed by atoms with Gasteiger partial charge < -0.3 is 15.0 Å². The lowest BCUT2D eigenvalue weighted by Crippen LogP contribution is -2.10. The fourth-order valence-corrected chi connectivity index (χ4v) is 1.61. The van der Waals surface area contributed by atoms with Crippen molar-refractivity contribution in [3.8, 4) is 0 Å². The number of aryl methyl sites for hydroxylation is 1. The Morgan fingerprint density at radius 1 is 1.47 bits per heavy atom. The van der Waals surface area contributed by atoms with E-state index in [-0.39, 0.29) is 17.9 Å². The highest BCUT2D eigenvalue weighted by Gasteiger charge is 2.12. The summed E-state index contributed by atoms with van der Waals surface area (Å²) < 4.78 is 20.3. The zero-order chi connectivity index (χ0) is 13.7. The van der Waals surface area contributed by atoms with E-state index in [1.807, 2.05) is 10.8 Å². The molecule has 5 nitrogen and oxygen atoms in total. The smallest absolute Gasteiger partial charge is 0.341 e. The summed E-state index contributed by atoms with van der Waals surface area (Å²) >= 11 is 0. The Balaban J connectivity index is 1.81. The van der Waals surface area contributed by atoms with E-state index in [2.05, 4.69) is 4.98 Å². The van der Waals surface area contributed by atoms with Crippen LogP contribution < -0.4 is 5.73 Å². The number of esters is 1. The van der Waals surface area contributed by atoms with Crippen LogP contribution in [0.5, 0.6) is 0 Å². The van der Waals surface area contributed by atoms with E-state index in [1.165, 1.54) is 12.1 Å². The van der Waals surface area contributed by atoms with Crippen molar-refractivity contribution < 1.29 is 13.9 Å². The predicted octanol–water partition coefficient (Wildman–Crippen LogP) is 1.85. The molecule has 2 aromatic rings. The summed E-state index contributed by atoms with van der Waals surface area (Å²) in [6.07, 6.45) is 5.82. The fraction of sp³-hybridized carbons (Fsp3) is 0.231. The molecule has 100 valence electrons. The molecule has 0 amide bonds. The van der Waals surface area contributed by atoms with E-state index >= 15 is 0 Å². The molecule has 0 aliphatic heterocycles. The Morgan fingerprint density at radius 3 is 3.00 bits per heavy atom. The van der Waals surface area contributed by atoms with E-state index < -0.39 is 11.8 Å². The molecule has 0 unspecified atom stereocenters. The van der Waals surface area contributed by atoms with Crippen molar-refractivity contribution in [2.45, 2.75) is 13.0 Å². The van der Waals surface area contributed by atoms with E-state index in [9.17, 15) is 9.18 Å². The van der Waals surface area contributed by atoms with Gasteiger partial charge in [-0.25, -0.2) is 14.2 Å². The van der Waals surface area contributed by atoms with Gasteiger partial charge in [0.15, 0.2) is 0 Å². The van der Waals surface area contributed by atoms with E-state index in [4.69, 9.17) is 10.5 Å². The van der Waals surface area contributed by atoms with Crippen LogP contribution in [0, 0.1) is 5.82 Å². The molecule has 2 rings (SSSR count). The number of benzene rings is 1. The second-order valence-corrected chi connectivity index (χ2v) is 4.03. The molecule has 0 aliphatic rings. The molecule has 0 aliphatic carbocycles. The van der Waals surface area contributed by atoms with Gasteiger partial charge >= 0.3 is 5.97 Å². The zero-order valence-electron chi connectivity index (χ0n) is 10.3. The van der Waals surface area contributed by atoms with Gasteiger partial charge in [0.05, 0.1) is 18.5 Å². The van der Waals surface area contributed by atoms with Crippen molar-refractivity contribution in [2.24, 2.45) is 0 Å². The van der Waals surface area contributed by atoms with Crippen molar-refractivity contribution in [1.82, 2.24) is 9.55 Å². The van der Waals surface area contributed by atoms with Gasteiger partial charge in [-0.1, -0.05) is 0 Å². The van der Waals surface area contributed by atoms with E-state index in [1.54, 1.807) is 12.5 Å². The van der Waals surface area contributed by atoms with Gasteiger partial charge in [-0.2, -0.15) is 0 Å². The maximum absolute atomic E-state index is 13.4. The van der Waals surface area contributed by atoms with Crippen molar-refractivity contribution >= 4 is 11.7 Å². The minimum Gasteiger partial charge on any atom is -0.462 e. The van der Waals surface area contributed by atoms with Gasteiger partial charge in [-0.15, -0.1) is 0 Å². The number of nitrogen functional groups attached to an aromatic ring is 1. The summed E-state index contributed by atoms with van der Waals surface area (Å²) in [5, 5.41) is 0. The number of carbonyl (C=O) groups is 1. The first-order chi connectivity index (χ1) is 9.16. The van der Waals surface area contributed by atoms with Crippen LogP contribution >= 0.6 is 0 Å². The van der Waals surface area contributed by atoms with E-state index in [0.717, 1.165) is 6.07 Å². The molecule has 19 heavy (non-hydrogen) atoms. The summed E-state index contributed by atoms with van der Waals surface area (Å²) in [6.45, 7) is 0.915. The first kappa shape index (κ1) is 13.1. The van der Waals surface area contributed by atoms with Crippen molar-refractivity contribution in [3.63, 3.8) is 0 Å². The molecule has 0 fully saturated rings. The molecule has 0 spiro atoms. The van der Waals surface area contributed by atoms with Gasteiger partial charge in [0, 0.05) is 24.6 Å². The number of hydrogen-bond acceptors (Lipinski definition) is 4. The molecule has 2 N–H and O–H groups in total. The molecule has 0 saturated heterocycles. The summed E-state index contributed by atoms with van der Waals surface area (Å²) in [5.74, 6) is -1.34. The average molecular weight is 263 g/mol. The van der Waals surface area contributed by atoms with Crippen LogP contribution in [0.15, 0.2) is 36.9 Å². The summed E-state index contributed by atoms with van der Waals surface area (Å²) in [6, 6.07) is 3.89. The molecular weight excluding hydrogens is 249 g/mol. The third-order valence-electron chi connectivity index (χ3n) is 2.57. The maximum Gasteiger partial charge on any atom is 0.341 e. The monoisotopic (exact) mass is 263 g/mol. The van der Waals surface area contributed by atoms with Crippen molar-refractivity contribution in [3.05, 3.63) is 48.3 Å². The van der Waals surface area contributed by atoms with Crippen LogP contribution in [0.4, 0.5) is 10.1 Å². The highest BCUT2D eigenvalue weighted by Crippen LogP contribution is 2.13. The van der Waals surface area contributed by atoms with Crippen LogP contribution in [0.2, 0.25) is 0 Å². The van der Waals surface area contributed by atoms with Gasteiger partial charge in [0.2, 0.25) is 0 Å². The number of nitrogens with zero attached hydrogens (tertiary/aromatic N) is 2. The zero-order valence-corrected chi connectivity index (χ0v) is 10.3. The molecule has 6 heteroatoms. The number of rotatable bonds is 5. The number of aromatic nitrogens is 2. The Kier molecular flexibility index (Phi) is 4.12. The van der Waals surface area contributed by atoms with Crippen LogP contribution in [0.1, 0.15) is 16.8 Å². The topological polar surface area (TPSA) is 70.1 Å². The summed E-state index contributed by atoms with van der Waals surface area (Å²) in [5.41, 5.74) is 5.57. The molecule has 0 radical (unpaired) electrons. The number of anilines is 1. The number of nitrogens with two attached hydrogens (primary N) is 1. The fourth-order valence-electron chi connectivity index (χ4n) is 1.61. The van der Waals surface area contributed by atoms with Crippen LogP contribution in [-0.2, 0) is 11.3 Å². The van der Waals surface area contributed by atoms with Crippen LogP contribution in [0.25, 0.3) is 0 Å². The highest BCUT2D eigenvalue weighted by atomic mass is 19.1. The van der Waals surface area contributed by atoms with E-state index in [0.29, 0.717) is 13.0 Å². The maximum atomic E-state index is 13.4. The molecule has 0 atom stereocenters. The molecule has 0 bridgehead atoms. The lowest BCUT2D eigenvalue weighted by Gasteiger charge is -2.06. The molecule has 0 saturated carbocycles. The Labute approximate surface area is 109 Å². The third-order valence-corrected chi connectivity index (χ3v) is 2.57. The SMILES string of the molecule is Nc1ccc(C(=O)OCCCn2ccnc2)c(F)c1. The lowest BCUT2D eigenvalue weighted by molar-refractivity contribution is 0.0490. The minimum absolute atomic E-state index is 0.100. The standard InChI is InChI=1S/C13H14FN3O2/c14-12-8-10(15)2-3-11(12)13(18)19-7-1-5-17-6-4-16-9-17/h2-4,6,8-9H,1,5,7,15H2. The largest absolute Gasteiger partial charge is 0.462 e. The third kappa shape index (κ3) is 3.54. The van der Waals surface area contributed by atoms with Crippen LogP contribution in [-0.4, -0.2) is 22.1 Å². The predicted molar refractivity (Wildman–Crippen MR) is 67.9 cm³/mol. The number of imidazole rings is 1. The number of halogens is 1. The second-order valence-electron chi connectivity index (χ2n) is 4.03. The van der Waals surface area contributed by atoms with Crippen LogP contribution in [0.3, 0.4) is 0 Å². The molecule has 1 aromatic carbocycles. The van der Waals surface area contributed by atoms with Crippen molar-refractivity contribution in [2.75, 3.05) is 12.3 Å². The molecule has 1 aromatic heterocycles. The summed E-state index contributed by atoms with van der Waals surface area (Å²) in [4.78, 5) is 15.5. The number of hydrogen-bond donors (Lipinski definition) is 1. The Hall–Kier alpha value is -2.37. The minimum atomic E-state index is -0.678. The second kappa shape index (κ2) is 5.99. The first-order valence-corrected chi connectivity index (χ1v) is 5.84. The quantitative estimate of drug-likeness (QED) is 0.507. The highest BCUT2D eigenvalue weighted by molar-refractivity contribution is 5.90. The average Bonchev–Trinajstić information content (AvgIpc) is 2.87. The Bertz CT molecular complexity index is 555. The lowest BCUT2D eigenvalue weighted by atomic mass is 10.2. The molecule has 1 heterocycles. The summed E-state index contributed by atoms with van der Waals surface area (Å²) in [7, 11) is 0. The van der Waals surface area contributed by atoms with Gasteiger partial charge in [-0.05, 0) is 24.6 Å². The van der Waals surface area contributed by atoms with Crippen molar-refractivity contribution in [1.29, 1.82) is 0 Å². The first-order valence-electron chi connectivity index (χ1n) is 5.84. The van der Waals surface area contributed by atoms with Gasteiger partial charge in [0.25, 0.3) is 0 Å². The van der Waals surface area contributed by atoms with Gasteiger partial charge in [-0.3, -0.25) is 0 Å². The number of carbonyl (C=O) groups excluding carboxylic acids is 1. The molecular formula is C13H14FN3O2. The normalized spacial score (nSPS) is 10.4. The Morgan fingerprint density at radius 2 is 2.32 bits per heavy atom. The number of ether oxygens (including phenoxy) is 1.